The number of carbonyl (C=O) groups excluding carboxylic acids is 2. The minimum Gasteiger partial charge on any atom is -0.493 e. The molecule has 3 rings (SSSR count). The molecule has 0 aromatic heterocycles. The van der Waals surface area contributed by atoms with Crippen molar-refractivity contribution in [1.82, 2.24) is 0 Å². The van der Waals surface area contributed by atoms with Crippen LogP contribution < -0.4 is 10.1 Å². The van der Waals surface area contributed by atoms with Gasteiger partial charge >= 0.3 is 11.9 Å². The van der Waals surface area contributed by atoms with Crippen LogP contribution in [0.15, 0.2) is 72.8 Å². The zero-order chi connectivity index (χ0) is 23.6. The number of carbonyl (C=O) groups is 2. The molecule has 33 heavy (non-hydrogen) atoms. The summed E-state index contributed by atoms with van der Waals surface area (Å²) >= 11 is 5.91. The first-order valence-electron chi connectivity index (χ1n) is 10.5. The van der Waals surface area contributed by atoms with Crippen molar-refractivity contribution >= 4 is 29.2 Å². The third kappa shape index (κ3) is 6.99. The molecule has 0 unspecified atom stereocenters. The molecule has 172 valence electrons. The minimum atomic E-state index is -0.683. The summed E-state index contributed by atoms with van der Waals surface area (Å²) in [5, 5.41) is 3.83. The third-order valence-electron chi connectivity index (χ3n) is 5.08. The van der Waals surface area contributed by atoms with E-state index in [-0.39, 0.29) is 0 Å². The number of nitrogens with one attached hydrogen (secondary N) is 1. The van der Waals surface area contributed by atoms with Gasteiger partial charge in [-0.05, 0) is 47.5 Å². The average Bonchev–Trinajstić information content (AvgIpc) is 2.85. The Morgan fingerprint density at radius 1 is 0.879 bits per heavy atom. The first-order valence-corrected chi connectivity index (χ1v) is 10.9. The highest BCUT2D eigenvalue weighted by Crippen LogP contribution is 2.20. The van der Waals surface area contributed by atoms with Gasteiger partial charge in [0, 0.05) is 23.6 Å². The summed E-state index contributed by atoms with van der Waals surface area (Å²) in [6.07, 6.45) is 1.14. The molecule has 6 nitrogen and oxygen atoms in total. The molecule has 0 saturated carbocycles. The van der Waals surface area contributed by atoms with Gasteiger partial charge in [-0.15, -0.1) is 0 Å². The highest BCUT2D eigenvalue weighted by Gasteiger charge is 2.22. The molecule has 1 atom stereocenters. The summed E-state index contributed by atoms with van der Waals surface area (Å²) in [4.78, 5) is 24.4. The van der Waals surface area contributed by atoms with Crippen molar-refractivity contribution in [1.29, 1.82) is 0 Å². The van der Waals surface area contributed by atoms with E-state index in [1.165, 1.54) is 14.2 Å². The quantitative estimate of drug-likeness (QED) is 0.425. The fourth-order valence-electron chi connectivity index (χ4n) is 3.32. The van der Waals surface area contributed by atoms with Crippen molar-refractivity contribution in [2.75, 3.05) is 26.1 Å². The van der Waals surface area contributed by atoms with Crippen molar-refractivity contribution in [2.45, 2.75) is 18.9 Å². The maximum atomic E-state index is 12.4. The van der Waals surface area contributed by atoms with Crippen molar-refractivity contribution in [3.05, 3.63) is 94.5 Å². The van der Waals surface area contributed by atoms with Crippen LogP contribution in [0.1, 0.15) is 21.5 Å². The predicted octanol–water partition coefficient (Wildman–Crippen LogP) is 4.94. The van der Waals surface area contributed by atoms with E-state index in [1.807, 2.05) is 48.5 Å². The molecular formula is C26H26ClNO5. The second-order valence-corrected chi connectivity index (χ2v) is 7.77. The number of benzene rings is 3. The number of halogens is 1. The molecule has 0 aliphatic carbocycles. The molecule has 0 saturated heterocycles. The molecule has 3 aromatic carbocycles. The lowest BCUT2D eigenvalue weighted by Gasteiger charge is -2.19. The number of rotatable bonds is 10. The summed E-state index contributed by atoms with van der Waals surface area (Å²) in [7, 11) is 2.65. The van der Waals surface area contributed by atoms with E-state index in [4.69, 9.17) is 25.8 Å². The largest absolute Gasteiger partial charge is 0.493 e. The average molecular weight is 468 g/mol. The second-order valence-electron chi connectivity index (χ2n) is 7.33. The molecule has 0 aliphatic heterocycles. The van der Waals surface area contributed by atoms with Crippen LogP contribution in [-0.2, 0) is 27.1 Å². The van der Waals surface area contributed by atoms with Crippen LogP contribution in [0, 0.1) is 0 Å². The maximum Gasteiger partial charge on any atom is 0.339 e. The standard InChI is InChI=1S/C26H26ClNO5/c1-31-25(29)22-5-3-4-6-23(22)28-24(26(30)32-2)17-19-9-13-21(14-10-19)33-16-15-18-7-11-20(27)12-8-18/h3-14,24,28H,15-17H2,1-2H3/t24-/m0/s1. The Balaban J connectivity index is 1.62. The van der Waals surface area contributed by atoms with Gasteiger partial charge in [-0.25, -0.2) is 9.59 Å². The Morgan fingerprint density at radius 2 is 1.55 bits per heavy atom. The molecule has 7 heteroatoms. The highest BCUT2D eigenvalue weighted by molar-refractivity contribution is 6.30. The summed E-state index contributed by atoms with van der Waals surface area (Å²) in [5.74, 6) is -0.175. The molecule has 1 N–H and O–H groups in total. The van der Waals surface area contributed by atoms with Crippen LogP contribution in [0.4, 0.5) is 5.69 Å². The van der Waals surface area contributed by atoms with E-state index in [0.29, 0.717) is 29.3 Å². The molecular weight excluding hydrogens is 442 g/mol. The topological polar surface area (TPSA) is 73.9 Å². The van der Waals surface area contributed by atoms with Crippen molar-refractivity contribution < 1.29 is 23.8 Å². The van der Waals surface area contributed by atoms with Crippen molar-refractivity contribution in [3.8, 4) is 5.75 Å². The smallest absolute Gasteiger partial charge is 0.339 e. The minimum absolute atomic E-state index is 0.346. The van der Waals surface area contributed by atoms with E-state index in [2.05, 4.69) is 5.32 Å². The van der Waals surface area contributed by atoms with Gasteiger partial charge in [0.25, 0.3) is 0 Å². The van der Waals surface area contributed by atoms with E-state index in [1.54, 1.807) is 24.3 Å². The van der Waals surface area contributed by atoms with Gasteiger partial charge in [0.15, 0.2) is 0 Å². The van der Waals surface area contributed by atoms with E-state index in [0.717, 1.165) is 23.3 Å². The molecule has 0 aliphatic rings. The third-order valence-corrected chi connectivity index (χ3v) is 5.34. The Bertz CT molecular complexity index is 1070. The van der Waals surface area contributed by atoms with Crippen LogP contribution >= 0.6 is 11.6 Å². The van der Waals surface area contributed by atoms with Crippen LogP contribution in [0.3, 0.4) is 0 Å². The number of para-hydroxylation sites is 1. The first kappa shape index (κ1) is 24.1. The summed E-state index contributed by atoms with van der Waals surface area (Å²) in [5.41, 5.74) is 2.91. The maximum absolute atomic E-state index is 12.4. The fourth-order valence-corrected chi connectivity index (χ4v) is 3.44. The molecule has 0 radical (unpaired) electrons. The lowest BCUT2D eigenvalue weighted by atomic mass is 10.0. The van der Waals surface area contributed by atoms with Gasteiger partial charge in [-0.1, -0.05) is 48.0 Å². The van der Waals surface area contributed by atoms with Gasteiger partial charge in [-0.3, -0.25) is 0 Å². The van der Waals surface area contributed by atoms with E-state index >= 15 is 0 Å². The summed E-state index contributed by atoms with van der Waals surface area (Å²) in [6, 6.07) is 21.4. The van der Waals surface area contributed by atoms with Crippen molar-refractivity contribution in [2.24, 2.45) is 0 Å². The van der Waals surface area contributed by atoms with Crippen LogP contribution in [0.5, 0.6) is 5.75 Å². The van der Waals surface area contributed by atoms with Gasteiger partial charge in [-0.2, -0.15) is 0 Å². The SMILES string of the molecule is COC(=O)c1ccccc1N[C@@H](Cc1ccc(OCCc2ccc(Cl)cc2)cc1)C(=O)OC. The lowest BCUT2D eigenvalue weighted by Crippen LogP contribution is -2.33. The van der Waals surface area contributed by atoms with Gasteiger partial charge in [0.1, 0.15) is 11.8 Å². The van der Waals surface area contributed by atoms with Gasteiger partial charge < -0.3 is 19.5 Å². The van der Waals surface area contributed by atoms with E-state index in [9.17, 15) is 9.59 Å². The highest BCUT2D eigenvalue weighted by atomic mass is 35.5. The monoisotopic (exact) mass is 467 g/mol. The first-order chi connectivity index (χ1) is 16.0. The zero-order valence-corrected chi connectivity index (χ0v) is 19.3. The Morgan fingerprint density at radius 3 is 2.21 bits per heavy atom. The number of anilines is 1. The molecule has 0 fully saturated rings. The zero-order valence-electron chi connectivity index (χ0n) is 18.5. The van der Waals surface area contributed by atoms with Crippen LogP contribution in [0.25, 0.3) is 0 Å². The van der Waals surface area contributed by atoms with E-state index < -0.39 is 18.0 Å². The predicted molar refractivity (Wildman–Crippen MR) is 128 cm³/mol. The van der Waals surface area contributed by atoms with Crippen molar-refractivity contribution in [3.63, 3.8) is 0 Å². The number of hydrogen-bond donors (Lipinski definition) is 1. The lowest BCUT2D eigenvalue weighted by molar-refractivity contribution is -0.141. The number of esters is 2. The Hall–Kier alpha value is -3.51. The van der Waals surface area contributed by atoms with Gasteiger partial charge in [0.2, 0.25) is 0 Å². The summed E-state index contributed by atoms with van der Waals surface area (Å²) in [6.45, 7) is 0.539. The molecule has 0 bridgehead atoms. The number of methoxy groups -OCH3 is 2. The molecule has 0 heterocycles. The summed E-state index contributed by atoms with van der Waals surface area (Å²) < 4.78 is 15.6. The number of hydrogen-bond acceptors (Lipinski definition) is 6. The normalized spacial score (nSPS) is 11.4. The Labute approximate surface area is 198 Å². The molecule has 3 aromatic rings. The number of ether oxygens (including phenoxy) is 3. The fraction of sp³-hybridized carbons (Fsp3) is 0.231. The second kappa shape index (κ2) is 11.9. The van der Waals surface area contributed by atoms with Gasteiger partial charge in [0.05, 0.1) is 26.4 Å². The Kier molecular flexibility index (Phi) is 8.72. The van der Waals surface area contributed by atoms with Crippen LogP contribution in [-0.4, -0.2) is 38.8 Å². The molecule has 0 spiro atoms. The van der Waals surface area contributed by atoms with Crippen LogP contribution in [0.2, 0.25) is 5.02 Å². The molecule has 0 amide bonds.